The van der Waals surface area contributed by atoms with Gasteiger partial charge in [0.15, 0.2) is 0 Å². The van der Waals surface area contributed by atoms with Crippen molar-refractivity contribution in [1.29, 1.82) is 0 Å². The van der Waals surface area contributed by atoms with Crippen molar-refractivity contribution in [3.05, 3.63) is 135 Å². The lowest BCUT2D eigenvalue weighted by molar-refractivity contribution is -0.117. The monoisotopic (exact) mass is 728 g/mol. The minimum Gasteiger partial charge on any atom is -0.497 e. The SMILES string of the molecule is COc1ccc(S(=O)(=O)N[C@@H](CCc2c(F)cccc2NC(=O)[C@@H](N=[N+]=[N-])[C@@H](c2ccc(F)cc2)c2cc(F)cc(F)c2)CNC[C@H](C)O)cc1. The third-order valence-corrected chi connectivity index (χ3v) is 9.41. The van der Waals surface area contributed by atoms with Crippen molar-refractivity contribution in [1.82, 2.24) is 10.0 Å². The van der Waals surface area contributed by atoms with Crippen LogP contribution in [0.3, 0.4) is 0 Å². The Morgan fingerprint density at radius 3 is 2.20 bits per heavy atom. The van der Waals surface area contributed by atoms with Crippen molar-refractivity contribution in [2.75, 3.05) is 25.5 Å². The summed E-state index contributed by atoms with van der Waals surface area (Å²) in [6.45, 7) is 1.75. The van der Waals surface area contributed by atoms with E-state index in [0.717, 1.165) is 30.3 Å². The molecule has 4 aromatic rings. The number of carbonyl (C=O) groups is 1. The molecule has 0 saturated heterocycles. The normalized spacial score (nSPS) is 13.8. The first-order chi connectivity index (χ1) is 24.3. The summed E-state index contributed by atoms with van der Waals surface area (Å²) in [7, 11) is -2.62. The number of aliphatic hydroxyl groups excluding tert-OH is 1. The van der Waals surface area contributed by atoms with Gasteiger partial charge in [-0.05, 0) is 97.1 Å². The molecule has 4 aromatic carbocycles. The highest BCUT2D eigenvalue weighted by atomic mass is 32.2. The highest BCUT2D eigenvalue weighted by Gasteiger charge is 2.32. The molecule has 4 rings (SSSR count). The number of ether oxygens (including phenoxy) is 1. The molecule has 0 aliphatic carbocycles. The van der Waals surface area contributed by atoms with Crippen LogP contribution in [0.5, 0.6) is 5.75 Å². The van der Waals surface area contributed by atoms with Crippen molar-refractivity contribution >= 4 is 21.6 Å². The fourth-order valence-electron chi connectivity index (χ4n) is 5.47. The summed E-state index contributed by atoms with van der Waals surface area (Å²) in [5.41, 5.74) is 9.50. The fraction of sp³-hybridized carbons (Fsp3) is 0.286. The molecule has 4 N–H and O–H groups in total. The molecule has 0 aliphatic rings. The van der Waals surface area contributed by atoms with Gasteiger partial charge in [0.1, 0.15) is 35.1 Å². The highest BCUT2D eigenvalue weighted by molar-refractivity contribution is 7.89. The first-order valence-corrected chi connectivity index (χ1v) is 17.2. The standard InChI is InChI=1S/C35H36F4N6O5S/c1-21(46)19-41-20-27(44-51(48,49)29-13-11-28(50-2)12-14-29)10-15-30-31(39)4-3-5-32(30)42-35(47)34(43-45-40)33(22-6-8-24(36)9-7-22)23-16-25(37)18-26(38)17-23/h3-9,11-14,16-18,21,27,33-34,41,44,46H,10,15,19-20H2,1-2H3,(H,42,47)/t21-,27-,33-,34-/m0/s1. The molecule has 0 radical (unpaired) electrons. The number of nitrogens with one attached hydrogen (secondary N) is 3. The summed E-state index contributed by atoms with van der Waals surface area (Å²) in [4.78, 5) is 16.6. The first kappa shape index (κ1) is 38.8. The van der Waals surface area contributed by atoms with Crippen LogP contribution in [0.4, 0.5) is 23.2 Å². The van der Waals surface area contributed by atoms with Gasteiger partial charge in [-0.15, -0.1) is 0 Å². The zero-order valence-electron chi connectivity index (χ0n) is 27.6. The zero-order chi connectivity index (χ0) is 37.1. The number of azide groups is 1. The van der Waals surface area contributed by atoms with Crippen LogP contribution in [0.1, 0.15) is 36.0 Å². The van der Waals surface area contributed by atoms with Crippen LogP contribution in [0.25, 0.3) is 10.4 Å². The number of aliphatic hydroxyl groups is 1. The van der Waals surface area contributed by atoms with Crippen LogP contribution < -0.4 is 20.1 Å². The van der Waals surface area contributed by atoms with Gasteiger partial charge in [0, 0.05) is 47.3 Å². The van der Waals surface area contributed by atoms with Crippen molar-refractivity contribution < 1.29 is 40.6 Å². The number of methoxy groups -OCH3 is 1. The maximum atomic E-state index is 15.4. The molecule has 270 valence electrons. The molecule has 0 heterocycles. The minimum absolute atomic E-state index is 0.00941. The number of nitrogens with zero attached hydrogens (tertiary/aromatic N) is 3. The predicted octanol–water partition coefficient (Wildman–Crippen LogP) is 5.95. The summed E-state index contributed by atoms with van der Waals surface area (Å²) in [5, 5.41) is 18.9. The Hall–Kier alpha value is -4.99. The third kappa shape index (κ3) is 10.7. The van der Waals surface area contributed by atoms with Gasteiger partial charge in [-0.25, -0.2) is 30.7 Å². The lowest BCUT2D eigenvalue weighted by atomic mass is 9.84. The van der Waals surface area contributed by atoms with E-state index >= 15 is 4.39 Å². The predicted molar refractivity (Wildman–Crippen MR) is 183 cm³/mol. The molecule has 4 atom stereocenters. The van der Waals surface area contributed by atoms with Crippen LogP contribution >= 0.6 is 0 Å². The number of sulfonamides is 1. The maximum absolute atomic E-state index is 15.4. The molecule has 0 fully saturated rings. The average molecular weight is 729 g/mol. The Morgan fingerprint density at radius 2 is 1.59 bits per heavy atom. The summed E-state index contributed by atoms with van der Waals surface area (Å²) in [6.07, 6.45) is -0.812. The number of hydrogen-bond acceptors (Lipinski definition) is 7. The fourth-order valence-corrected chi connectivity index (χ4v) is 6.75. The number of carbonyl (C=O) groups excluding carboxylic acids is 1. The molecule has 51 heavy (non-hydrogen) atoms. The van der Waals surface area contributed by atoms with E-state index in [2.05, 4.69) is 25.4 Å². The van der Waals surface area contributed by atoms with Crippen LogP contribution in [0.15, 0.2) is 94.9 Å². The molecular weight excluding hydrogens is 692 g/mol. The molecule has 1 amide bonds. The number of hydrogen-bond donors (Lipinski definition) is 4. The van der Waals surface area contributed by atoms with Crippen LogP contribution in [-0.4, -0.2) is 57.8 Å². The summed E-state index contributed by atoms with van der Waals surface area (Å²) in [5.74, 6) is -5.09. The van der Waals surface area contributed by atoms with E-state index in [1.165, 1.54) is 55.6 Å². The Bertz CT molecular complexity index is 1940. The molecule has 0 spiro atoms. The zero-order valence-corrected chi connectivity index (χ0v) is 28.4. The van der Waals surface area contributed by atoms with E-state index in [4.69, 9.17) is 4.74 Å². The second kappa shape index (κ2) is 17.8. The molecule has 0 aromatic heterocycles. The quantitative estimate of drug-likeness (QED) is 0.0454. The Labute approximate surface area is 292 Å². The summed E-state index contributed by atoms with van der Waals surface area (Å²) < 4.78 is 92.1. The second-order valence-electron chi connectivity index (χ2n) is 11.7. The van der Waals surface area contributed by atoms with Crippen LogP contribution in [0, 0.1) is 23.3 Å². The lowest BCUT2D eigenvalue weighted by Gasteiger charge is -2.25. The van der Waals surface area contributed by atoms with Crippen molar-refractivity contribution in [2.24, 2.45) is 5.11 Å². The number of benzene rings is 4. The van der Waals surface area contributed by atoms with Gasteiger partial charge in [0.05, 0.1) is 18.1 Å². The Morgan fingerprint density at radius 1 is 0.922 bits per heavy atom. The van der Waals surface area contributed by atoms with E-state index in [1.54, 1.807) is 6.92 Å². The van der Waals surface area contributed by atoms with Crippen molar-refractivity contribution in [2.45, 2.75) is 48.8 Å². The van der Waals surface area contributed by atoms with E-state index in [1.807, 2.05) is 0 Å². The summed E-state index contributed by atoms with van der Waals surface area (Å²) in [6, 6.07) is 14.3. The van der Waals surface area contributed by atoms with Gasteiger partial charge >= 0.3 is 0 Å². The van der Waals surface area contributed by atoms with Gasteiger partial charge in [0.2, 0.25) is 15.9 Å². The molecule has 11 nitrogen and oxygen atoms in total. The smallest absolute Gasteiger partial charge is 0.240 e. The number of amides is 1. The van der Waals surface area contributed by atoms with Crippen LogP contribution in [0.2, 0.25) is 0 Å². The number of halogens is 4. The molecule has 0 aliphatic heterocycles. The van der Waals surface area contributed by atoms with Gasteiger partial charge < -0.3 is 20.5 Å². The average Bonchev–Trinajstić information content (AvgIpc) is 3.07. The molecule has 0 unspecified atom stereocenters. The van der Waals surface area contributed by atoms with Gasteiger partial charge in [-0.1, -0.05) is 23.3 Å². The van der Waals surface area contributed by atoms with Crippen LogP contribution in [-0.2, 0) is 21.2 Å². The number of anilines is 1. The maximum Gasteiger partial charge on any atom is 0.240 e. The topological polar surface area (TPSA) is 166 Å². The molecule has 16 heteroatoms. The highest BCUT2D eigenvalue weighted by Crippen LogP contribution is 2.33. The number of rotatable bonds is 17. The molecular formula is C35H36F4N6O5S. The largest absolute Gasteiger partial charge is 0.497 e. The van der Waals surface area contributed by atoms with Gasteiger partial charge in [-0.2, -0.15) is 0 Å². The Balaban J connectivity index is 1.63. The second-order valence-corrected chi connectivity index (χ2v) is 13.4. The van der Waals surface area contributed by atoms with Gasteiger partial charge in [-0.3, -0.25) is 4.79 Å². The molecule has 0 bridgehead atoms. The lowest BCUT2D eigenvalue weighted by Crippen LogP contribution is -2.43. The van der Waals surface area contributed by atoms with E-state index in [0.29, 0.717) is 11.8 Å². The third-order valence-electron chi connectivity index (χ3n) is 7.88. The van der Waals surface area contributed by atoms with Gasteiger partial charge in [0.25, 0.3) is 0 Å². The Kier molecular flexibility index (Phi) is 13.5. The van der Waals surface area contributed by atoms with E-state index in [-0.39, 0.29) is 53.2 Å². The summed E-state index contributed by atoms with van der Waals surface area (Å²) >= 11 is 0. The van der Waals surface area contributed by atoms with Crippen molar-refractivity contribution in [3.63, 3.8) is 0 Å². The van der Waals surface area contributed by atoms with E-state index in [9.17, 15) is 37.0 Å². The molecule has 0 saturated carbocycles. The van der Waals surface area contributed by atoms with Crippen molar-refractivity contribution in [3.8, 4) is 5.75 Å². The first-order valence-electron chi connectivity index (χ1n) is 15.7. The minimum atomic E-state index is -4.06. The van der Waals surface area contributed by atoms with E-state index < -0.39 is 63.3 Å².